The van der Waals surface area contributed by atoms with Gasteiger partial charge in [0, 0.05) is 11.8 Å². The van der Waals surface area contributed by atoms with Crippen LogP contribution in [-0.4, -0.2) is 4.98 Å². The molecule has 0 atom stereocenters. The fourth-order valence-corrected chi connectivity index (χ4v) is 1.66. The summed E-state index contributed by atoms with van der Waals surface area (Å²) in [6.07, 6.45) is 1.85. The highest BCUT2D eigenvalue weighted by atomic mass is 14.8. The summed E-state index contributed by atoms with van der Waals surface area (Å²) in [6, 6.07) is 12.3. The van der Waals surface area contributed by atoms with Crippen molar-refractivity contribution in [2.45, 2.75) is 19.8 Å². The maximum atomic E-state index is 5.91. The van der Waals surface area contributed by atoms with E-state index in [1.54, 1.807) is 0 Å². The summed E-state index contributed by atoms with van der Waals surface area (Å²) in [7, 11) is 0. The number of benzene rings is 1. The minimum absolute atomic E-state index is 0.468. The van der Waals surface area contributed by atoms with Crippen molar-refractivity contribution in [1.29, 1.82) is 0 Å². The zero-order valence-corrected chi connectivity index (χ0v) is 9.64. The summed E-state index contributed by atoms with van der Waals surface area (Å²) < 4.78 is 0. The van der Waals surface area contributed by atoms with Crippen molar-refractivity contribution >= 4 is 5.82 Å². The molecule has 2 N–H and O–H groups in total. The first-order valence-corrected chi connectivity index (χ1v) is 5.49. The van der Waals surface area contributed by atoms with Crippen molar-refractivity contribution in [3.63, 3.8) is 0 Å². The molecule has 1 aromatic heterocycles. The van der Waals surface area contributed by atoms with Gasteiger partial charge in [0.25, 0.3) is 0 Å². The lowest BCUT2D eigenvalue weighted by molar-refractivity contribution is 0.859. The van der Waals surface area contributed by atoms with E-state index >= 15 is 0 Å². The molecule has 0 saturated heterocycles. The Morgan fingerprint density at radius 2 is 1.81 bits per heavy atom. The quantitative estimate of drug-likeness (QED) is 0.828. The Kier molecular flexibility index (Phi) is 2.91. The van der Waals surface area contributed by atoms with Crippen LogP contribution in [0, 0.1) is 0 Å². The highest BCUT2D eigenvalue weighted by Gasteiger charge is 2.06. The highest BCUT2D eigenvalue weighted by molar-refractivity contribution is 5.74. The Hall–Kier alpha value is -1.83. The van der Waals surface area contributed by atoms with Gasteiger partial charge in [-0.1, -0.05) is 44.2 Å². The van der Waals surface area contributed by atoms with E-state index in [9.17, 15) is 0 Å². The molecule has 0 unspecified atom stereocenters. The van der Waals surface area contributed by atoms with E-state index in [4.69, 9.17) is 5.73 Å². The number of rotatable bonds is 2. The van der Waals surface area contributed by atoms with Gasteiger partial charge in [0.05, 0.1) is 0 Å². The van der Waals surface area contributed by atoms with Crippen molar-refractivity contribution in [1.82, 2.24) is 4.98 Å². The fourth-order valence-electron chi connectivity index (χ4n) is 1.66. The molecule has 0 aliphatic heterocycles. The minimum Gasteiger partial charge on any atom is -0.383 e. The van der Waals surface area contributed by atoms with Gasteiger partial charge >= 0.3 is 0 Å². The Balaban J connectivity index is 2.52. The molecule has 82 valence electrons. The van der Waals surface area contributed by atoms with Crippen LogP contribution in [0.3, 0.4) is 0 Å². The Labute approximate surface area is 96.1 Å². The van der Waals surface area contributed by atoms with Crippen molar-refractivity contribution in [2.75, 3.05) is 5.73 Å². The maximum Gasteiger partial charge on any atom is 0.131 e. The zero-order chi connectivity index (χ0) is 11.5. The van der Waals surface area contributed by atoms with Gasteiger partial charge in [0.1, 0.15) is 5.82 Å². The first-order valence-electron chi connectivity index (χ1n) is 5.49. The van der Waals surface area contributed by atoms with E-state index in [-0.39, 0.29) is 0 Å². The number of aromatic nitrogens is 1. The lowest BCUT2D eigenvalue weighted by atomic mass is 10.00. The van der Waals surface area contributed by atoms with Crippen molar-refractivity contribution in [3.8, 4) is 11.1 Å². The average molecular weight is 212 g/mol. The van der Waals surface area contributed by atoms with Crippen LogP contribution in [0.2, 0.25) is 0 Å². The van der Waals surface area contributed by atoms with E-state index in [0.29, 0.717) is 11.7 Å². The molecule has 0 saturated carbocycles. The first kappa shape index (κ1) is 10.7. The second-order valence-corrected chi connectivity index (χ2v) is 4.22. The monoisotopic (exact) mass is 212 g/mol. The molecule has 0 amide bonds. The van der Waals surface area contributed by atoms with Gasteiger partial charge in [0.2, 0.25) is 0 Å². The summed E-state index contributed by atoms with van der Waals surface area (Å²) in [4.78, 5) is 4.25. The van der Waals surface area contributed by atoms with E-state index in [0.717, 1.165) is 11.1 Å². The maximum absolute atomic E-state index is 5.91. The number of nitrogens with zero attached hydrogens (tertiary/aromatic N) is 1. The molecular weight excluding hydrogens is 196 g/mol. The fraction of sp³-hybridized carbons (Fsp3) is 0.214. The number of anilines is 1. The summed E-state index contributed by atoms with van der Waals surface area (Å²) >= 11 is 0. The topological polar surface area (TPSA) is 38.9 Å². The third-order valence-corrected chi connectivity index (χ3v) is 2.69. The van der Waals surface area contributed by atoms with Crippen molar-refractivity contribution in [2.24, 2.45) is 0 Å². The summed E-state index contributed by atoms with van der Waals surface area (Å²) in [5.74, 6) is 1.06. The van der Waals surface area contributed by atoms with Crippen LogP contribution in [0.1, 0.15) is 25.3 Å². The Bertz CT molecular complexity index is 475. The van der Waals surface area contributed by atoms with Crippen LogP contribution < -0.4 is 5.73 Å². The number of pyridine rings is 1. The Morgan fingerprint density at radius 3 is 2.44 bits per heavy atom. The third kappa shape index (κ3) is 2.06. The zero-order valence-electron chi connectivity index (χ0n) is 9.64. The second kappa shape index (κ2) is 4.35. The predicted molar refractivity (Wildman–Crippen MR) is 68.2 cm³/mol. The molecule has 2 aromatic rings. The van der Waals surface area contributed by atoms with E-state index in [1.807, 2.05) is 24.4 Å². The number of hydrogen-bond acceptors (Lipinski definition) is 2. The number of nitrogen functional groups attached to an aromatic ring is 1. The van der Waals surface area contributed by atoms with Crippen LogP contribution >= 0.6 is 0 Å². The molecule has 0 spiro atoms. The molecule has 0 fully saturated rings. The van der Waals surface area contributed by atoms with E-state index in [1.165, 1.54) is 5.56 Å². The van der Waals surface area contributed by atoms with Gasteiger partial charge in [0.15, 0.2) is 0 Å². The molecular formula is C14H16N2. The average Bonchev–Trinajstić information content (AvgIpc) is 2.30. The largest absolute Gasteiger partial charge is 0.383 e. The smallest absolute Gasteiger partial charge is 0.131 e. The molecule has 1 aromatic carbocycles. The van der Waals surface area contributed by atoms with Crippen LogP contribution in [0.15, 0.2) is 42.6 Å². The van der Waals surface area contributed by atoms with E-state index < -0.39 is 0 Å². The SMILES string of the molecule is CC(C)c1cnc(N)c(-c2ccccc2)c1. The lowest BCUT2D eigenvalue weighted by Crippen LogP contribution is -1.97. The molecule has 2 heteroatoms. The van der Waals surface area contributed by atoms with Crippen molar-refractivity contribution in [3.05, 3.63) is 48.2 Å². The summed E-state index contributed by atoms with van der Waals surface area (Å²) in [6.45, 7) is 4.31. The van der Waals surface area contributed by atoms with Crippen LogP contribution in [0.4, 0.5) is 5.82 Å². The molecule has 0 aliphatic rings. The number of nitrogens with two attached hydrogens (primary N) is 1. The van der Waals surface area contributed by atoms with Crippen LogP contribution in [-0.2, 0) is 0 Å². The standard InChI is InChI=1S/C14H16N2/c1-10(2)12-8-13(14(15)16-9-12)11-6-4-3-5-7-11/h3-10H,1-2H3,(H2,15,16). The summed E-state index contributed by atoms with van der Waals surface area (Å²) in [5, 5.41) is 0. The minimum atomic E-state index is 0.468. The van der Waals surface area contributed by atoms with Gasteiger partial charge < -0.3 is 5.73 Å². The molecule has 2 nitrogen and oxygen atoms in total. The Morgan fingerprint density at radius 1 is 1.12 bits per heavy atom. The number of hydrogen-bond donors (Lipinski definition) is 1. The predicted octanol–water partition coefficient (Wildman–Crippen LogP) is 3.45. The molecule has 2 rings (SSSR count). The molecule has 16 heavy (non-hydrogen) atoms. The van der Waals surface area contributed by atoms with Gasteiger partial charge in [-0.25, -0.2) is 4.98 Å². The molecule has 0 aliphatic carbocycles. The highest BCUT2D eigenvalue weighted by Crippen LogP contribution is 2.27. The molecule has 1 heterocycles. The lowest BCUT2D eigenvalue weighted by Gasteiger charge is -2.10. The van der Waals surface area contributed by atoms with Crippen LogP contribution in [0.25, 0.3) is 11.1 Å². The van der Waals surface area contributed by atoms with Gasteiger partial charge in [-0.2, -0.15) is 0 Å². The third-order valence-electron chi connectivity index (χ3n) is 2.69. The summed E-state index contributed by atoms with van der Waals surface area (Å²) in [5.41, 5.74) is 9.27. The van der Waals surface area contributed by atoms with Gasteiger partial charge in [-0.3, -0.25) is 0 Å². The molecule has 0 bridgehead atoms. The van der Waals surface area contributed by atoms with Crippen LogP contribution in [0.5, 0.6) is 0 Å². The van der Waals surface area contributed by atoms with Gasteiger partial charge in [-0.15, -0.1) is 0 Å². The normalized spacial score (nSPS) is 10.7. The van der Waals surface area contributed by atoms with Gasteiger partial charge in [-0.05, 0) is 23.1 Å². The van der Waals surface area contributed by atoms with Crippen molar-refractivity contribution < 1.29 is 0 Å². The second-order valence-electron chi connectivity index (χ2n) is 4.22. The molecule has 0 radical (unpaired) electrons. The first-order chi connectivity index (χ1) is 7.68. The van der Waals surface area contributed by atoms with E-state index in [2.05, 4.69) is 37.0 Å².